The summed E-state index contributed by atoms with van der Waals surface area (Å²) in [5.41, 5.74) is 12.0. The van der Waals surface area contributed by atoms with Gasteiger partial charge in [-0.2, -0.15) is 13.2 Å². The van der Waals surface area contributed by atoms with Gasteiger partial charge in [0.15, 0.2) is 0 Å². The number of benzene rings is 2. The van der Waals surface area contributed by atoms with Gasteiger partial charge in [0.25, 0.3) is 0 Å². The van der Waals surface area contributed by atoms with Crippen molar-refractivity contribution >= 4 is 11.8 Å². The lowest BCUT2D eigenvalue weighted by Crippen LogP contribution is -2.25. The molecule has 4 aromatic rings. The zero-order valence-corrected chi connectivity index (χ0v) is 18.1. The molecule has 0 spiro atoms. The second-order valence-corrected chi connectivity index (χ2v) is 7.61. The van der Waals surface area contributed by atoms with Crippen LogP contribution in [0.25, 0.3) is 11.1 Å². The van der Waals surface area contributed by atoms with Crippen molar-refractivity contribution in [1.82, 2.24) is 9.97 Å². The average Bonchev–Trinajstić information content (AvgIpc) is 3.18. The molecule has 176 valence electrons. The van der Waals surface area contributed by atoms with E-state index in [1.807, 2.05) is 42.6 Å². The molecule has 1 unspecified atom stereocenters. The molecular weight excluding hydrogens is 457 g/mol. The number of aliphatic imine (C=N–C) groups is 1. The minimum atomic E-state index is -5.08. The Labute approximate surface area is 198 Å². The summed E-state index contributed by atoms with van der Waals surface area (Å²) in [6.45, 7) is 0. The Morgan fingerprint density at radius 3 is 2.17 bits per heavy atom. The van der Waals surface area contributed by atoms with Gasteiger partial charge in [-0.15, -0.1) is 0 Å². The fourth-order valence-corrected chi connectivity index (χ4v) is 3.98. The number of carbonyl (C=O) groups is 1. The molecule has 35 heavy (non-hydrogen) atoms. The number of nitrogens with zero attached hydrogens (tertiary/aromatic N) is 3. The van der Waals surface area contributed by atoms with E-state index in [4.69, 9.17) is 20.6 Å². The number of rotatable bonds is 3. The molecule has 1 aliphatic rings. The summed E-state index contributed by atoms with van der Waals surface area (Å²) in [6.07, 6.45) is 2.17. The number of hydrogen-bond acceptors (Lipinski definition) is 5. The van der Waals surface area contributed by atoms with Crippen LogP contribution in [-0.4, -0.2) is 33.1 Å². The summed E-state index contributed by atoms with van der Waals surface area (Å²) < 4.78 is 31.7. The number of hydrogen-bond donors (Lipinski definition) is 2. The van der Waals surface area contributed by atoms with Crippen molar-refractivity contribution in [2.45, 2.75) is 11.7 Å². The van der Waals surface area contributed by atoms with E-state index in [2.05, 4.69) is 46.4 Å². The molecule has 2 aromatic carbocycles. The summed E-state index contributed by atoms with van der Waals surface area (Å²) in [6, 6.07) is 24.6. The Bertz CT molecular complexity index is 1380. The molecule has 0 fully saturated rings. The van der Waals surface area contributed by atoms with Crippen molar-refractivity contribution in [3.8, 4) is 11.1 Å². The number of alkyl halides is 3. The minimum Gasteiger partial charge on any atom is -0.475 e. The Kier molecular flexibility index (Phi) is 6.33. The second kappa shape index (κ2) is 9.38. The number of fused-ring (bicyclic) bond motifs is 1. The van der Waals surface area contributed by atoms with Crippen LogP contribution < -0.4 is 5.73 Å². The summed E-state index contributed by atoms with van der Waals surface area (Å²) in [5, 5.41) is 7.12. The highest BCUT2D eigenvalue weighted by molar-refractivity contribution is 6.03. The fraction of sp³-hybridized carbons (Fsp3) is 0.0769. The molecule has 3 heterocycles. The number of aromatic nitrogens is 2. The van der Waals surface area contributed by atoms with Gasteiger partial charge in [-0.3, -0.25) is 9.97 Å². The van der Waals surface area contributed by atoms with Crippen molar-refractivity contribution < 1.29 is 23.1 Å². The van der Waals surface area contributed by atoms with E-state index in [1.54, 1.807) is 18.6 Å². The molecular formula is C26H19F3N4O2. The Morgan fingerprint density at radius 1 is 0.829 bits per heavy atom. The van der Waals surface area contributed by atoms with Crippen molar-refractivity contribution in [1.29, 1.82) is 0 Å². The van der Waals surface area contributed by atoms with Gasteiger partial charge < -0.3 is 10.8 Å². The highest BCUT2D eigenvalue weighted by atomic mass is 19.4. The van der Waals surface area contributed by atoms with E-state index in [1.165, 1.54) is 0 Å². The number of halogens is 3. The maximum absolute atomic E-state index is 10.6. The Morgan fingerprint density at radius 2 is 1.51 bits per heavy atom. The third-order valence-corrected chi connectivity index (χ3v) is 5.50. The highest BCUT2D eigenvalue weighted by Gasteiger charge is 2.42. The molecule has 0 radical (unpaired) electrons. The first-order valence-electron chi connectivity index (χ1n) is 10.4. The average molecular weight is 476 g/mol. The number of pyridine rings is 2. The van der Waals surface area contributed by atoms with E-state index in [-0.39, 0.29) is 0 Å². The normalized spacial score (nSPS) is 16.5. The van der Waals surface area contributed by atoms with Gasteiger partial charge in [-0.25, -0.2) is 9.79 Å². The maximum atomic E-state index is 10.6. The van der Waals surface area contributed by atoms with Crippen LogP contribution in [0.3, 0.4) is 0 Å². The molecule has 0 aliphatic carbocycles. The first-order chi connectivity index (χ1) is 16.7. The number of amidine groups is 1. The van der Waals surface area contributed by atoms with Gasteiger partial charge in [-0.05, 0) is 52.1 Å². The third kappa shape index (κ3) is 4.61. The largest absolute Gasteiger partial charge is 0.490 e. The van der Waals surface area contributed by atoms with Crippen LogP contribution in [0.15, 0.2) is 103 Å². The number of carboxylic acids is 1. The number of aliphatic carboxylic acids is 1. The monoisotopic (exact) mass is 476 g/mol. The first-order valence-corrected chi connectivity index (χ1v) is 10.4. The molecule has 1 atom stereocenters. The fourth-order valence-electron chi connectivity index (χ4n) is 3.98. The van der Waals surface area contributed by atoms with Crippen LogP contribution in [0.2, 0.25) is 0 Å². The Balaban J connectivity index is 0.000000364. The predicted octanol–water partition coefficient (Wildman–Crippen LogP) is 4.79. The lowest BCUT2D eigenvalue weighted by Gasteiger charge is -2.29. The van der Waals surface area contributed by atoms with E-state index >= 15 is 0 Å². The summed E-state index contributed by atoms with van der Waals surface area (Å²) in [5.74, 6) is -2.20. The van der Waals surface area contributed by atoms with Crippen LogP contribution in [0, 0.1) is 0 Å². The van der Waals surface area contributed by atoms with E-state index < -0.39 is 17.7 Å². The van der Waals surface area contributed by atoms with E-state index in [9.17, 15) is 13.2 Å². The van der Waals surface area contributed by atoms with Crippen molar-refractivity contribution in [2.24, 2.45) is 10.7 Å². The lowest BCUT2D eigenvalue weighted by atomic mass is 9.77. The summed E-state index contributed by atoms with van der Waals surface area (Å²) in [4.78, 5) is 22.4. The maximum Gasteiger partial charge on any atom is 0.490 e. The van der Waals surface area contributed by atoms with Crippen molar-refractivity contribution in [3.05, 3.63) is 120 Å². The lowest BCUT2D eigenvalue weighted by molar-refractivity contribution is -0.192. The van der Waals surface area contributed by atoms with Gasteiger partial charge >= 0.3 is 12.1 Å². The first kappa shape index (κ1) is 23.6. The van der Waals surface area contributed by atoms with Gasteiger partial charge in [0, 0.05) is 30.4 Å². The molecule has 0 saturated carbocycles. The SMILES string of the molecule is NC1=NC(c2ccncc2)(c2cccc(-c3cccnc3)c2)c2ccccc21.O=C(O)C(F)(F)F. The van der Waals surface area contributed by atoms with Gasteiger partial charge in [0.2, 0.25) is 0 Å². The van der Waals surface area contributed by atoms with Gasteiger partial charge in [0.1, 0.15) is 11.4 Å². The minimum absolute atomic E-state index is 0.555. The van der Waals surface area contributed by atoms with Crippen molar-refractivity contribution in [2.75, 3.05) is 0 Å². The Hall–Kier alpha value is -4.53. The zero-order chi connectivity index (χ0) is 25.1. The molecule has 1 aliphatic heterocycles. The predicted molar refractivity (Wildman–Crippen MR) is 125 cm³/mol. The second-order valence-electron chi connectivity index (χ2n) is 7.61. The standard InChI is InChI=1S/C24H18N4.C2HF3O2/c25-23-21-8-1-2-9-22(21)24(28-23,19-10-13-26-14-11-19)20-7-3-5-17(15-20)18-6-4-12-27-16-18;3-2(4,5)1(6)7/h1-16H,(H2,25,28);(H,6,7). The molecule has 5 rings (SSSR count). The highest BCUT2D eigenvalue weighted by Crippen LogP contribution is 2.46. The van der Waals surface area contributed by atoms with Gasteiger partial charge in [-0.1, -0.05) is 48.5 Å². The number of carboxylic acid groups (broad SMARTS) is 1. The molecule has 0 saturated heterocycles. The molecule has 0 bridgehead atoms. The van der Waals surface area contributed by atoms with Crippen LogP contribution in [0.4, 0.5) is 13.2 Å². The summed E-state index contributed by atoms with van der Waals surface area (Å²) in [7, 11) is 0. The molecule has 0 amide bonds. The van der Waals surface area contributed by atoms with E-state index in [0.29, 0.717) is 5.84 Å². The van der Waals surface area contributed by atoms with Crippen LogP contribution in [0.1, 0.15) is 22.3 Å². The van der Waals surface area contributed by atoms with Crippen molar-refractivity contribution in [3.63, 3.8) is 0 Å². The van der Waals surface area contributed by atoms with E-state index in [0.717, 1.165) is 33.4 Å². The zero-order valence-electron chi connectivity index (χ0n) is 18.1. The smallest absolute Gasteiger partial charge is 0.475 e. The molecule has 9 heteroatoms. The quantitative estimate of drug-likeness (QED) is 0.443. The van der Waals surface area contributed by atoms with Crippen LogP contribution in [0.5, 0.6) is 0 Å². The third-order valence-electron chi connectivity index (χ3n) is 5.50. The molecule has 6 nitrogen and oxygen atoms in total. The summed E-state index contributed by atoms with van der Waals surface area (Å²) >= 11 is 0. The molecule has 2 aromatic heterocycles. The van der Waals surface area contributed by atoms with Crippen LogP contribution in [-0.2, 0) is 10.3 Å². The van der Waals surface area contributed by atoms with Crippen LogP contribution >= 0.6 is 0 Å². The topological polar surface area (TPSA) is 101 Å². The van der Waals surface area contributed by atoms with Gasteiger partial charge in [0.05, 0.1) is 0 Å². The number of nitrogens with two attached hydrogens (primary N) is 1. The molecule has 3 N–H and O–H groups in total.